The van der Waals surface area contributed by atoms with Crippen molar-refractivity contribution in [3.63, 3.8) is 0 Å². The zero-order chi connectivity index (χ0) is 20.6. The van der Waals surface area contributed by atoms with E-state index < -0.39 is 5.54 Å². The first kappa shape index (κ1) is 19.3. The van der Waals surface area contributed by atoms with E-state index in [1.165, 1.54) is 11.0 Å². The van der Waals surface area contributed by atoms with Crippen molar-refractivity contribution in [2.75, 3.05) is 13.1 Å². The van der Waals surface area contributed by atoms with Crippen LogP contribution in [0.4, 0.5) is 0 Å². The van der Waals surface area contributed by atoms with E-state index in [-0.39, 0.29) is 23.3 Å². The Morgan fingerprint density at radius 2 is 1.79 bits per heavy atom. The van der Waals surface area contributed by atoms with Crippen LogP contribution in [0, 0.1) is 5.92 Å². The summed E-state index contributed by atoms with van der Waals surface area (Å²) in [5.74, 6) is -0.532. The molecule has 1 saturated carbocycles. The summed E-state index contributed by atoms with van der Waals surface area (Å²) in [6.45, 7) is 2.62. The first-order valence-corrected chi connectivity index (χ1v) is 10.00. The number of carbonyl (C=O) groups excluding carboxylic acids is 3. The van der Waals surface area contributed by atoms with Crippen LogP contribution < -0.4 is 11.1 Å². The van der Waals surface area contributed by atoms with Crippen molar-refractivity contribution < 1.29 is 14.4 Å². The number of hydrogen-bond donors (Lipinski definition) is 2. The Kier molecular flexibility index (Phi) is 4.96. The standard InChI is InChI=1S/C23H25N3O3/c1-23(14-24,17-8-9-17)25-20(27)16-7-10-18-19(13-16)22(29)26(21(18)28)12-11-15-5-3-2-4-6-15/h2-7,10,13,17H,8-9,11-12,14,24H2,1H3,(H,25,27). The largest absolute Gasteiger partial charge is 0.345 e. The molecule has 6 heteroatoms. The molecule has 2 aromatic carbocycles. The molecular formula is C23H25N3O3. The molecule has 1 fully saturated rings. The lowest BCUT2D eigenvalue weighted by molar-refractivity contribution is 0.0656. The molecule has 1 aliphatic carbocycles. The predicted octanol–water partition coefficient (Wildman–Crippen LogP) is 2.38. The Bertz CT molecular complexity index is 969. The number of fused-ring (bicyclic) bond motifs is 1. The number of rotatable bonds is 7. The van der Waals surface area contributed by atoms with E-state index in [4.69, 9.17) is 5.73 Å². The topological polar surface area (TPSA) is 92.5 Å². The number of amides is 3. The molecule has 1 unspecified atom stereocenters. The fourth-order valence-electron chi connectivity index (χ4n) is 3.89. The third-order valence-electron chi connectivity index (χ3n) is 6.00. The quantitative estimate of drug-likeness (QED) is 0.709. The number of hydrogen-bond acceptors (Lipinski definition) is 4. The van der Waals surface area contributed by atoms with Crippen LogP contribution >= 0.6 is 0 Å². The van der Waals surface area contributed by atoms with E-state index in [0.717, 1.165) is 18.4 Å². The highest BCUT2D eigenvalue weighted by atomic mass is 16.2. The summed E-state index contributed by atoms with van der Waals surface area (Å²) < 4.78 is 0. The zero-order valence-corrected chi connectivity index (χ0v) is 16.5. The first-order valence-electron chi connectivity index (χ1n) is 10.00. The van der Waals surface area contributed by atoms with Gasteiger partial charge in [0.15, 0.2) is 0 Å². The molecule has 2 aromatic rings. The molecule has 0 radical (unpaired) electrons. The minimum absolute atomic E-state index is 0.268. The predicted molar refractivity (Wildman–Crippen MR) is 110 cm³/mol. The van der Waals surface area contributed by atoms with E-state index in [0.29, 0.717) is 36.6 Å². The summed E-state index contributed by atoms with van der Waals surface area (Å²) in [7, 11) is 0. The molecular weight excluding hydrogens is 366 g/mol. The van der Waals surface area contributed by atoms with Crippen molar-refractivity contribution in [2.24, 2.45) is 11.7 Å². The van der Waals surface area contributed by atoms with Gasteiger partial charge in [0.1, 0.15) is 0 Å². The summed E-state index contributed by atoms with van der Waals surface area (Å²) in [6.07, 6.45) is 2.71. The molecule has 150 valence electrons. The van der Waals surface area contributed by atoms with Gasteiger partial charge in [0.05, 0.1) is 16.7 Å². The fraction of sp³-hybridized carbons (Fsp3) is 0.348. The van der Waals surface area contributed by atoms with Gasteiger partial charge < -0.3 is 11.1 Å². The van der Waals surface area contributed by atoms with Gasteiger partial charge in [0, 0.05) is 18.7 Å². The number of nitrogens with one attached hydrogen (secondary N) is 1. The van der Waals surface area contributed by atoms with Gasteiger partial charge in [-0.15, -0.1) is 0 Å². The van der Waals surface area contributed by atoms with Crippen LogP contribution in [-0.4, -0.2) is 41.2 Å². The maximum atomic E-state index is 12.8. The molecule has 0 spiro atoms. The number of carbonyl (C=O) groups is 3. The van der Waals surface area contributed by atoms with Crippen LogP contribution in [0.2, 0.25) is 0 Å². The zero-order valence-electron chi connectivity index (χ0n) is 16.5. The van der Waals surface area contributed by atoms with Crippen LogP contribution in [0.15, 0.2) is 48.5 Å². The van der Waals surface area contributed by atoms with E-state index in [2.05, 4.69) is 5.32 Å². The summed E-state index contributed by atoms with van der Waals surface area (Å²) in [4.78, 5) is 39.5. The van der Waals surface area contributed by atoms with Crippen LogP contribution in [0.3, 0.4) is 0 Å². The van der Waals surface area contributed by atoms with Gasteiger partial charge in [-0.05, 0) is 55.9 Å². The molecule has 0 bridgehead atoms. The average Bonchev–Trinajstić information content (AvgIpc) is 3.56. The minimum Gasteiger partial charge on any atom is -0.345 e. The highest BCUT2D eigenvalue weighted by molar-refractivity contribution is 6.22. The Morgan fingerprint density at radius 1 is 1.10 bits per heavy atom. The van der Waals surface area contributed by atoms with E-state index >= 15 is 0 Å². The molecule has 0 saturated heterocycles. The minimum atomic E-state index is -0.447. The SMILES string of the molecule is CC(CN)(NC(=O)c1ccc2c(c1)C(=O)N(CCc1ccccc1)C2=O)C1CC1. The highest BCUT2D eigenvalue weighted by Gasteiger charge is 2.42. The lowest BCUT2D eigenvalue weighted by atomic mass is 9.95. The van der Waals surface area contributed by atoms with Crippen molar-refractivity contribution in [3.05, 3.63) is 70.8 Å². The third-order valence-corrected chi connectivity index (χ3v) is 6.00. The van der Waals surface area contributed by atoms with Crippen LogP contribution in [0.1, 0.15) is 56.4 Å². The van der Waals surface area contributed by atoms with Gasteiger partial charge in [-0.2, -0.15) is 0 Å². The van der Waals surface area contributed by atoms with Gasteiger partial charge >= 0.3 is 0 Å². The second kappa shape index (κ2) is 7.44. The van der Waals surface area contributed by atoms with Crippen molar-refractivity contribution in [3.8, 4) is 0 Å². The molecule has 3 N–H and O–H groups in total. The summed E-state index contributed by atoms with van der Waals surface area (Å²) in [5.41, 5.74) is 7.51. The van der Waals surface area contributed by atoms with Crippen molar-refractivity contribution in [1.82, 2.24) is 10.2 Å². The lowest BCUT2D eigenvalue weighted by Crippen LogP contribution is -2.53. The summed E-state index contributed by atoms with van der Waals surface area (Å²) >= 11 is 0. The molecule has 4 rings (SSSR count). The molecule has 6 nitrogen and oxygen atoms in total. The normalized spacial score (nSPS) is 17.8. The van der Waals surface area contributed by atoms with E-state index in [1.807, 2.05) is 37.3 Å². The molecule has 3 amide bonds. The smallest absolute Gasteiger partial charge is 0.261 e. The second-order valence-electron chi connectivity index (χ2n) is 8.11. The summed E-state index contributed by atoms with van der Waals surface area (Å²) in [6, 6.07) is 14.4. The Labute approximate surface area is 170 Å². The number of imide groups is 1. The lowest BCUT2D eigenvalue weighted by Gasteiger charge is -2.29. The van der Waals surface area contributed by atoms with Gasteiger partial charge in [-0.25, -0.2) is 0 Å². The molecule has 2 aliphatic rings. The van der Waals surface area contributed by atoms with Crippen LogP contribution in [-0.2, 0) is 6.42 Å². The Morgan fingerprint density at radius 3 is 2.45 bits per heavy atom. The van der Waals surface area contributed by atoms with Crippen molar-refractivity contribution >= 4 is 17.7 Å². The van der Waals surface area contributed by atoms with Crippen molar-refractivity contribution in [1.29, 1.82) is 0 Å². The summed E-state index contributed by atoms with van der Waals surface area (Å²) in [5, 5.41) is 3.02. The monoisotopic (exact) mass is 391 g/mol. The average molecular weight is 391 g/mol. The molecule has 1 heterocycles. The maximum Gasteiger partial charge on any atom is 0.261 e. The number of benzene rings is 2. The second-order valence-corrected chi connectivity index (χ2v) is 8.11. The first-order chi connectivity index (χ1) is 13.9. The highest BCUT2D eigenvalue weighted by Crippen LogP contribution is 2.39. The number of nitrogens with zero attached hydrogens (tertiary/aromatic N) is 1. The van der Waals surface area contributed by atoms with Gasteiger partial charge in [0.25, 0.3) is 17.7 Å². The van der Waals surface area contributed by atoms with Crippen LogP contribution in [0.5, 0.6) is 0 Å². The third kappa shape index (κ3) is 3.68. The van der Waals surface area contributed by atoms with E-state index in [9.17, 15) is 14.4 Å². The molecule has 1 atom stereocenters. The molecule has 1 aliphatic heterocycles. The number of nitrogens with two attached hydrogens (primary N) is 1. The maximum absolute atomic E-state index is 12.8. The fourth-order valence-corrected chi connectivity index (χ4v) is 3.89. The van der Waals surface area contributed by atoms with Crippen LogP contribution in [0.25, 0.3) is 0 Å². The Hall–Kier alpha value is -2.99. The van der Waals surface area contributed by atoms with E-state index in [1.54, 1.807) is 12.1 Å². The van der Waals surface area contributed by atoms with Crippen molar-refractivity contribution in [2.45, 2.75) is 31.7 Å². The Balaban J connectivity index is 1.50. The van der Waals surface area contributed by atoms with Gasteiger partial charge in [0.2, 0.25) is 0 Å². The molecule has 0 aromatic heterocycles. The molecule has 29 heavy (non-hydrogen) atoms. The van der Waals surface area contributed by atoms with Gasteiger partial charge in [-0.1, -0.05) is 30.3 Å². The van der Waals surface area contributed by atoms with Gasteiger partial charge in [-0.3, -0.25) is 19.3 Å².